The van der Waals surface area contributed by atoms with Gasteiger partial charge in [0.15, 0.2) is 0 Å². The Labute approximate surface area is 197 Å². The number of amides is 1. The molecular formula is C24H28ClNO5S. The predicted octanol–water partition coefficient (Wildman–Crippen LogP) is 6.25. The van der Waals surface area contributed by atoms with E-state index in [0.29, 0.717) is 22.9 Å². The molecule has 1 atom stereocenters. The number of carbonyl (C=O) groups excluding carboxylic acids is 1. The van der Waals surface area contributed by atoms with E-state index in [2.05, 4.69) is 5.32 Å². The Morgan fingerprint density at radius 1 is 1.22 bits per heavy atom. The molecule has 1 aliphatic rings. The zero-order valence-electron chi connectivity index (χ0n) is 18.3. The summed E-state index contributed by atoms with van der Waals surface area (Å²) in [6.45, 7) is 5.33. The van der Waals surface area contributed by atoms with E-state index in [0.717, 1.165) is 59.4 Å². The molecule has 0 bridgehead atoms. The summed E-state index contributed by atoms with van der Waals surface area (Å²) in [7, 11) is 0. The molecule has 1 unspecified atom stereocenters. The van der Waals surface area contributed by atoms with Gasteiger partial charge < -0.3 is 19.9 Å². The van der Waals surface area contributed by atoms with Crippen molar-refractivity contribution in [2.75, 3.05) is 18.5 Å². The van der Waals surface area contributed by atoms with Crippen molar-refractivity contribution in [2.45, 2.75) is 57.0 Å². The van der Waals surface area contributed by atoms with Crippen LogP contribution in [0.1, 0.15) is 42.4 Å². The smallest absolute Gasteiger partial charge is 0.307 e. The fourth-order valence-electron chi connectivity index (χ4n) is 3.68. The summed E-state index contributed by atoms with van der Waals surface area (Å²) < 4.78 is 11.7. The van der Waals surface area contributed by atoms with Crippen LogP contribution in [0.4, 0.5) is 10.5 Å². The van der Waals surface area contributed by atoms with Crippen LogP contribution in [0, 0.1) is 13.8 Å². The third-order valence-electron chi connectivity index (χ3n) is 5.23. The van der Waals surface area contributed by atoms with Crippen LogP contribution in [-0.4, -0.2) is 35.6 Å². The molecule has 3 rings (SSSR count). The molecular weight excluding hydrogens is 450 g/mol. The van der Waals surface area contributed by atoms with Crippen LogP contribution in [-0.2, 0) is 16.0 Å². The summed E-state index contributed by atoms with van der Waals surface area (Å²) in [4.78, 5) is 24.4. The molecule has 2 N–H and O–H groups in total. The Morgan fingerprint density at radius 2 is 1.97 bits per heavy atom. The van der Waals surface area contributed by atoms with Crippen LogP contribution in [0.25, 0.3) is 0 Å². The second-order valence-corrected chi connectivity index (χ2v) is 9.30. The van der Waals surface area contributed by atoms with E-state index in [1.165, 1.54) is 6.42 Å². The molecule has 172 valence electrons. The van der Waals surface area contributed by atoms with Gasteiger partial charge in [0.1, 0.15) is 5.75 Å². The minimum absolute atomic E-state index is 0.139. The average Bonchev–Trinajstić information content (AvgIpc) is 2.73. The van der Waals surface area contributed by atoms with Crippen molar-refractivity contribution in [3.8, 4) is 5.75 Å². The number of hydrogen-bond acceptors (Lipinski definition) is 5. The Balaban J connectivity index is 1.59. The molecule has 2 aromatic carbocycles. The Bertz CT molecular complexity index is 952. The van der Waals surface area contributed by atoms with E-state index < -0.39 is 5.97 Å². The molecule has 0 spiro atoms. The summed E-state index contributed by atoms with van der Waals surface area (Å²) in [6.07, 6.45) is 4.47. The molecule has 8 heteroatoms. The number of aliphatic carboxylic acids is 1. The second-order valence-electron chi connectivity index (χ2n) is 7.91. The molecule has 1 aliphatic heterocycles. The third kappa shape index (κ3) is 7.15. The van der Waals surface area contributed by atoms with Gasteiger partial charge >= 0.3 is 5.97 Å². The zero-order chi connectivity index (χ0) is 23.1. The molecule has 6 nitrogen and oxygen atoms in total. The number of thioether (sulfide) groups is 1. The average molecular weight is 478 g/mol. The number of rotatable bonds is 8. The number of halogens is 1. The quantitative estimate of drug-likeness (QED) is 0.437. The van der Waals surface area contributed by atoms with Gasteiger partial charge in [-0.3, -0.25) is 9.59 Å². The molecule has 2 aromatic rings. The lowest BCUT2D eigenvalue weighted by atomic mass is 10.1. The van der Waals surface area contributed by atoms with Gasteiger partial charge in [-0.05, 0) is 85.8 Å². The first-order valence-electron chi connectivity index (χ1n) is 10.7. The number of nitrogens with one attached hydrogen (secondary N) is 1. The number of benzene rings is 2. The van der Waals surface area contributed by atoms with Crippen molar-refractivity contribution in [2.24, 2.45) is 0 Å². The van der Waals surface area contributed by atoms with Crippen LogP contribution < -0.4 is 10.1 Å². The van der Waals surface area contributed by atoms with Gasteiger partial charge in [-0.25, -0.2) is 0 Å². The van der Waals surface area contributed by atoms with E-state index in [9.17, 15) is 9.59 Å². The fraction of sp³-hybridized carbons (Fsp3) is 0.417. The van der Waals surface area contributed by atoms with Crippen LogP contribution in [0.5, 0.6) is 5.75 Å². The SMILES string of the molecule is Cc1cc(OCCC2CCCCO2)cc(C)c1SC(=O)Nc1cc(CC(=O)O)ccc1Cl. The van der Waals surface area contributed by atoms with Gasteiger partial charge in [-0.1, -0.05) is 17.7 Å². The van der Waals surface area contributed by atoms with Gasteiger partial charge in [0.25, 0.3) is 5.24 Å². The number of aryl methyl sites for hydroxylation is 2. The summed E-state index contributed by atoms with van der Waals surface area (Å²) in [5.41, 5.74) is 2.84. The third-order valence-corrected chi connectivity index (χ3v) is 6.70. The first kappa shape index (κ1) is 24.4. The standard InChI is InChI=1S/C24H28ClNO5S/c1-15-11-19(31-10-8-18-5-3-4-9-30-18)12-16(2)23(15)32-24(29)26-21-13-17(14-22(27)28)6-7-20(21)25/h6-7,11-13,18H,3-5,8-10,14H2,1-2H3,(H,26,29)(H,27,28). The van der Waals surface area contributed by atoms with Gasteiger partial charge in [0.05, 0.1) is 29.8 Å². The highest BCUT2D eigenvalue weighted by molar-refractivity contribution is 8.14. The summed E-state index contributed by atoms with van der Waals surface area (Å²) in [5.74, 6) is -0.163. The zero-order valence-corrected chi connectivity index (χ0v) is 19.9. The maximum atomic E-state index is 12.6. The van der Waals surface area contributed by atoms with E-state index in [-0.39, 0.29) is 17.8 Å². The van der Waals surface area contributed by atoms with E-state index in [1.807, 2.05) is 26.0 Å². The summed E-state index contributed by atoms with van der Waals surface area (Å²) in [5, 5.41) is 11.8. The molecule has 1 amide bonds. The largest absolute Gasteiger partial charge is 0.493 e. The normalized spacial score (nSPS) is 15.9. The monoisotopic (exact) mass is 477 g/mol. The predicted molar refractivity (Wildman–Crippen MR) is 127 cm³/mol. The number of carboxylic acid groups (broad SMARTS) is 1. The lowest BCUT2D eigenvalue weighted by Crippen LogP contribution is -2.21. The highest BCUT2D eigenvalue weighted by Gasteiger charge is 2.16. The minimum atomic E-state index is -0.946. The van der Waals surface area contributed by atoms with Gasteiger partial charge in [-0.2, -0.15) is 0 Å². The van der Waals surface area contributed by atoms with Crippen LogP contribution >= 0.6 is 23.4 Å². The second kappa shape index (κ2) is 11.6. The molecule has 1 fully saturated rings. The molecule has 0 radical (unpaired) electrons. The van der Waals surface area contributed by atoms with Crippen LogP contribution in [0.2, 0.25) is 5.02 Å². The number of ether oxygens (including phenoxy) is 2. The lowest BCUT2D eigenvalue weighted by molar-refractivity contribution is -0.136. The highest BCUT2D eigenvalue weighted by atomic mass is 35.5. The van der Waals surface area contributed by atoms with Crippen molar-refractivity contribution in [1.82, 2.24) is 0 Å². The van der Waals surface area contributed by atoms with E-state index in [4.69, 9.17) is 26.2 Å². The highest BCUT2D eigenvalue weighted by Crippen LogP contribution is 2.33. The van der Waals surface area contributed by atoms with Crippen LogP contribution in [0.3, 0.4) is 0 Å². The number of carbonyl (C=O) groups is 2. The summed E-state index contributed by atoms with van der Waals surface area (Å²) in [6, 6.07) is 8.67. The molecule has 0 saturated carbocycles. The summed E-state index contributed by atoms with van der Waals surface area (Å²) >= 11 is 7.25. The van der Waals surface area contributed by atoms with E-state index >= 15 is 0 Å². The lowest BCUT2D eigenvalue weighted by Gasteiger charge is -2.22. The van der Waals surface area contributed by atoms with Crippen LogP contribution in [0.15, 0.2) is 35.2 Å². The van der Waals surface area contributed by atoms with Crippen molar-refractivity contribution in [3.63, 3.8) is 0 Å². The minimum Gasteiger partial charge on any atom is -0.493 e. The first-order valence-corrected chi connectivity index (χ1v) is 11.9. The number of anilines is 1. The molecule has 1 heterocycles. The van der Waals surface area contributed by atoms with Gasteiger partial charge in [-0.15, -0.1) is 0 Å². The molecule has 0 aromatic heterocycles. The number of hydrogen-bond donors (Lipinski definition) is 2. The topological polar surface area (TPSA) is 84.9 Å². The Hall–Kier alpha value is -2.22. The maximum Gasteiger partial charge on any atom is 0.307 e. The fourth-order valence-corrected chi connectivity index (χ4v) is 4.63. The van der Waals surface area contributed by atoms with E-state index in [1.54, 1.807) is 18.2 Å². The van der Waals surface area contributed by atoms with Crippen molar-refractivity contribution < 1.29 is 24.2 Å². The molecule has 32 heavy (non-hydrogen) atoms. The Kier molecular flexibility index (Phi) is 8.84. The maximum absolute atomic E-state index is 12.6. The van der Waals surface area contributed by atoms with Crippen molar-refractivity contribution in [3.05, 3.63) is 52.0 Å². The van der Waals surface area contributed by atoms with Crippen molar-refractivity contribution in [1.29, 1.82) is 0 Å². The number of carboxylic acids is 1. The first-order chi connectivity index (χ1) is 15.3. The molecule has 1 saturated heterocycles. The van der Waals surface area contributed by atoms with Gasteiger partial charge in [0, 0.05) is 17.9 Å². The van der Waals surface area contributed by atoms with Gasteiger partial charge in [0.2, 0.25) is 0 Å². The Morgan fingerprint density at radius 3 is 2.62 bits per heavy atom. The molecule has 0 aliphatic carbocycles. The van der Waals surface area contributed by atoms with Crippen molar-refractivity contribution >= 4 is 40.3 Å².